The number of hydrogen-bond donors (Lipinski definition) is 0. The van der Waals surface area contributed by atoms with E-state index in [4.69, 9.17) is 14.2 Å². The highest BCUT2D eigenvalue weighted by Crippen LogP contribution is 2.35. The molecular formula is C32H40FN5O7S. The lowest BCUT2D eigenvalue weighted by Gasteiger charge is -2.29. The lowest BCUT2D eigenvalue weighted by Crippen LogP contribution is -2.53. The number of thiophene rings is 1. The molecule has 1 atom stereocenters. The number of ether oxygens (including phenoxy) is 3. The van der Waals surface area contributed by atoms with Crippen LogP contribution in [0.1, 0.15) is 65.2 Å². The maximum absolute atomic E-state index is 14.7. The molecular weight excluding hydrogens is 617 g/mol. The number of carbonyl (C=O) groups is 2. The van der Waals surface area contributed by atoms with Gasteiger partial charge in [-0.05, 0) is 58.7 Å². The Labute approximate surface area is 269 Å². The number of Topliss-reactive ketones (excluding diaryl/α,β-unsaturated/α-hetero) is 1. The highest BCUT2D eigenvalue weighted by Gasteiger charge is 2.37. The van der Waals surface area contributed by atoms with Crippen LogP contribution in [0.5, 0.6) is 5.75 Å². The number of rotatable bonds is 13. The summed E-state index contributed by atoms with van der Waals surface area (Å²) in [7, 11) is 2.69. The van der Waals surface area contributed by atoms with Gasteiger partial charge in [0.2, 0.25) is 0 Å². The normalized spacial score (nSPS) is 12.9. The van der Waals surface area contributed by atoms with Crippen LogP contribution in [0.25, 0.3) is 15.2 Å². The first-order valence-corrected chi connectivity index (χ1v) is 15.6. The molecule has 0 aliphatic carbocycles. The summed E-state index contributed by atoms with van der Waals surface area (Å²) in [6, 6.07) is 3.91. The number of nitrogens with zero attached hydrogens (tertiary/aromatic N) is 5. The number of halogens is 1. The maximum atomic E-state index is 14.7. The van der Waals surface area contributed by atoms with Crippen LogP contribution in [0.3, 0.4) is 0 Å². The second kappa shape index (κ2) is 13.3. The smallest absolute Gasteiger partial charge is 0.333 e. The van der Waals surface area contributed by atoms with Crippen molar-refractivity contribution in [3.8, 4) is 10.8 Å². The fourth-order valence-corrected chi connectivity index (χ4v) is 6.47. The van der Waals surface area contributed by atoms with Crippen LogP contribution in [-0.2, 0) is 31.1 Å². The van der Waals surface area contributed by atoms with Crippen molar-refractivity contribution in [2.75, 3.05) is 20.8 Å². The Morgan fingerprint density at radius 2 is 1.72 bits per heavy atom. The molecule has 1 aromatic carbocycles. The summed E-state index contributed by atoms with van der Waals surface area (Å²) in [4.78, 5) is 56.4. The van der Waals surface area contributed by atoms with E-state index in [-0.39, 0.29) is 48.0 Å². The minimum Gasteiger partial charge on any atom is -0.496 e. The van der Waals surface area contributed by atoms with Gasteiger partial charge in [0.15, 0.2) is 5.78 Å². The molecule has 0 N–H and O–H groups in total. The molecule has 0 bridgehead atoms. The van der Waals surface area contributed by atoms with Crippen molar-refractivity contribution in [3.05, 3.63) is 68.4 Å². The molecule has 3 heterocycles. The van der Waals surface area contributed by atoms with E-state index < -0.39 is 40.1 Å². The van der Waals surface area contributed by atoms with Gasteiger partial charge >= 0.3 is 11.7 Å². The van der Waals surface area contributed by atoms with Crippen molar-refractivity contribution in [3.63, 3.8) is 0 Å². The Kier molecular flexibility index (Phi) is 10.0. The second-order valence-corrected chi connectivity index (χ2v) is 13.7. The number of methoxy groups -OCH3 is 2. The summed E-state index contributed by atoms with van der Waals surface area (Å²) >= 11 is 1.13. The Balaban J connectivity index is 2.02. The summed E-state index contributed by atoms with van der Waals surface area (Å²) in [5.74, 6) is -1.10. The zero-order valence-electron chi connectivity index (χ0n) is 27.5. The third kappa shape index (κ3) is 6.54. The van der Waals surface area contributed by atoms with E-state index in [0.717, 1.165) is 15.9 Å². The third-order valence-electron chi connectivity index (χ3n) is 7.89. The summed E-state index contributed by atoms with van der Waals surface area (Å²) in [6.45, 7) is 11.5. The molecule has 0 aliphatic heterocycles. The van der Waals surface area contributed by atoms with E-state index in [1.165, 1.54) is 54.2 Å². The molecule has 0 radical (unpaired) electrons. The van der Waals surface area contributed by atoms with E-state index >= 15 is 0 Å². The van der Waals surface area contributed by atoms with E-state index in [1.54, 1.807) is 34.6 Å². The Bertz CT molecular complexity index is 1870. The van der Waals surface area contributed by atoms with Crippen molar-refractivity contribution in [1.29, 1.82) is 0 Å². The summed E-state index contributed by atoms with van der Waals surface area (Å²) in [6.07, 6.45) is 2.08. The monoisotopic (exact) mass is 657 g/mol. The lowest BCUT2D eigenvalue weighted by molar-refractivity contribution is -0.155. The van der Waals surface area contributed by atoms with Crippen LogP contribution in [0.2, 0.25) is 0 Å². The Morgan fingerprint density at radius 3 is 2.30 bits per heavy atom. The van der Waals surface area contributed by atoms with Crippen molar-refractivity contribution in [2.24, 2.45) is 11.3 Å². The molecule has 12 nitrogen and oxygen atoms in total. The molecule has 0 saturated heterocycles. The van der Waals surface area contributed by atoms with E-state index in [2.05, 4.69) is 10.2 Å². The summed E-state index contributed by atoms with van der Waals surface area (Å²) < 4.78 is 33.8. The SMILES string of the molecule is COC(=O)C(C)(C)CO[C@@H](Cn1c(=O)n(C(C)(C)C(=O)CC(C)C)c(=O)c2c(C)c(-n3nccn3)sc21)c1cc(F)ccc1OC. The van der Waals surface area contributed by atoms with Gasteiger partial charge in [0.1, 0.15) is 33.0 Å². The number of aromatic nitrogens is 5. The first-order chi connectivity index (χ1) is 21.5. The fraction of sp³-hybridized carbons (Fsp3) is 0.500. The van der Waals surface area contributed by atoms with Gasteiger partial charge in [-0.1, -0.05) is 25.2 Å². The van der Waals surface area contributed by atoms with Crippen LogP contribution in [-0.4, -0.2) is 56.7 Å². The van der Waals surface area contributed by atoms with Gasteiger partial charge in [-0.15, -0.1) is 4.80 Å². The largest absolute Gasteiger partial charge is 0.496 e. The van der Waals surface area contributed by atoms with Gasteiger partial charge in [0, 0.05) is 17.5 Å². The Hall–Kier alpha value is -4.17. The quantitative estimate of drug-likeness (QED) is 0.189. The van der Waals surface area contributed by atoms with Gasteiger partial charge in [-0.2, -0.15) is 10.2 Å². The number of benzene rings is 1. The van der Waals surface area contributed by atoms with Crippen LogP contribution in [0.15, 0.2) is 40.2 Å². The number of ketones is 1. The van der Waals surface area contributed by atoms with Gasteiger partial charge in [-0.3, -0.25) is 19.0 Å². The summed E-state index contributed by atoms with van der Waals surface area (Å²) in [5, 5.41) is 9.15. The Morgan fingerprint density at radius 1 is 1.07 bits per heavy atom. The third-order valence-corrected chi connectivity index (χ3v) is 9.17. The number of hydrogen-bond acceptors (Lipinski definition) is 10. The predicted molar refractivity (Wildman–Crippen MR) is 171 cm³/mol. The lowest BCUT2D eigenvalue weighted by atomic mass is 9.91. The molecule has 3 aromatic heterocycles. The number of fused-ring (bicyclic) bond motifs is 1. The molecule has 46 heavy (non-hydrogen) atoms. The van der Waals surface area contributed by atoms with Crippen LogP contribution < -0.4 is 16.0 Å². The van der Waals surface area contributed by atoms with Gasteiger partial charge in [-0.25, -0.2) is 13.8 Å². The molecule has 0 spiro atoms. The molecule has 0 amide bonds. The molecule has 0 fully saturated rings. The molecule has 0 aliphatic rings. The number of aryl methyl sites for hydroxylation is 1. The van der Waals surface area contributed by atoms with Crippen LogP contribution in [0, 0.1) is 24.1 Å². The molecule has 0 unspecified atom stereocenters. The highest BCUT2D eigenvalue weighted by molar-refractivity contribution is 7.21. The second-order valence-electron chi connectivity index (χ2n) is 12.7. The highest BCUT2D eigenvalue weighted by atomic mass is 32.1. The first kappa shape index (κ1) is 34.7. The zero-order valence-corrected chi connectivity index (χ0v) is 28.4. The molecule has 248 valence electrons. The number of esters is 1. The van der Waals surface area contributed by atoms with Crippen LogP contribution in [0.4, 0.5) is 4.39 Å². The summed E-state index contributed by atoms with van der Waals surface area (Å²) in [5.41, 5.74) is -3.19. The first-order valence-electron chi connectivity index (χ1n) is 14.8. The van der Waals surface area contributed by atoms with Crippen molar-refractivity contribution < 1.29 is 28.2 Å². The molecule has 4 rings (SSSR count). The van der Waals surface area contributed by atoms with Gasteiger partial charge in [0.25, 0.3) is 5.56 Å². The van der Waals surface area contributed by atoms with Crippen LogP contribution >= 0.6 is 11.3 Å². The molecule has 0 saturated carbocycles. The van der Waals surface area contributed by atoms with Gasteiger partial charge < -0.3 is 14.2 Å². The minimum atomic E-state index is -1.51. The maximum Gasteiger partial charge on any atom is 0.333 e. The average molecular weight is 658 g/mol. The zero-order chi connectivity index (χ0) is 34.1. The number of carbonyl (C=O) groups excluding carboxylic acids is 2. The van der Waals surface area contributed by atoms with Crippen molar-refractivity contribution in [2.45, 2.75) is 73.1 Å². The van der Waals surface area contributed by atoms with Gasteiger partial charge in [0.05, 0.1) is 50.6 Å². The predicted octanol–water partition coefficient (Wildman–Crippen LogP) is 4.57. The standard InChI is InChI=1S/C32H40FN5O7S/c1-18(2)14-24(39)32(6,7)37-26(40)25-19(3)27(38-34-12-13-35-38)46-28(25)36(30(37)42)16-23(45-17-31(4,5)29(41)44-9)21-15-20(33)10-11-22(21)43-8/h10-13,15,18,23H,14,16-17H2,1-9H3/t23-/m0/s1. The van der Waals surface area contributed by atoms with Crippen molar-refractivity contribution >= 4 is 33.3 Å². The van der Waals surface area contributed by atoms with E-state index in [0.29, 0.717) is 15.4 Å². The molecule has 14 heteroatoms. The van der Waals surface area contributed by atoms with E-state index in [1.807, 2.05) is 13.8 Å². The topological polar surface area (TPSA) is 137 Å². The van der Waals surface area contributed by atoms with E-state index in [9.17, 15) is 23.6 Å². The average Bonchev–Trinajstić information content (AvgIpc) is 3.64. The minimum absolute atomic E-state index is 0.00908. The fourth-order valence-electron chi connectivity index (χ4n) is 5.25. The van der Waals surface area contributed by atoms with Crippen molar-refractivity contribution in [1.82, 2.24) is 24.1 Å². The molecule has 4 aromatic rings.